The third kappa shape index (κ3) is 8.12. The molecule has 200 valence electrons. The Morgan fingerprint density at radius 3 is 2.68 bits per heavy atom. The molecular formula is C25H28F3N3O5S. The van der Waals surface area contributed by atoms with Gasteiger partial charge in [0.15, 0.2) is 23.6 Å². The third-order valence-corrected chi connectivity index (χ3v) is 6.67. The summed E-state index contributed by atoms with van der Waals surface area (Å²) in [5, 5.41) is 2.03. The second-order valence-electron chi connectivity index (χ2n) is 8.30. The Morgan fingerprint density at radius 1 is 1.16 bits per heavy atom. The number of nitrogens with one attached hydrogen (secondary N) is 1. The van der Waals surface area contributed by atoms with Gasteiger partial charge >= 0.3 is 5.97 Å². The van der Waals surface area contributed by atoms with Gasteiger partial charge in [-0.15, -0.1) is 11.8 Å². The number of hydrogen-bond donors (Lipinski definition) is 2. The van der Waals surface area contributed by atoms with Gasteiger partial charge in [0, 0.05) is 37.4 Å². The summed E-state index contributed by atoms with van der Waals surface area (Å²) in [6, 6.07) is 7.18. The number of carbonyl (C=O) groups is 3. The van der Waals surface area contributed by atoms with Crippen LogP contribution in [0.25, 0.3) is 0 Å². The molecular weight excluding hydrogens is 511 g/mol. The molecule has 1 saturated heterocycles. The lowest BCUT2D eigenvalue weighted by atomic mass is 10.0. The minimum absolute atomic E-state index is 0.127. The molecule has 0 aliphatic carbocycles. The zero-order valence-corrected chi connectivity index (χ0v) is 21.0. The maximum Gasteiger partial charge on any atom is 0.344 e. The second-order valence-corrected chi connectivity index (χ2v) is 9.48. The Kier molecular flexibility index (Phi) is 10.2. The molecule has 2 unspecified atom stereocenters. The molecule has 1 aliphatic heterocycles. The van der Waals surface area contributed by atoms with Crippen molar-refractivity contribution in [2.75, 3.05) is 25.5 Å². The number of hydrogen-bond acceptors (Lipinski definition) is 7. The van der Waals surface area contributed by atoms with E-state index >= 15 is 0 Å². The quantitative estimate of drug-likeness (QED) is 0.334. The van der Waals surface area contributed by atoms with Crippen LogP contribution < -0.4 is 15.8 Å². The molecule has 2 aromatic rings. The first-order valence-corrected chi connectivity index (χ1v) is 12.7. The van der Waals surface area contributed by atoms with Gasteiger partial charge in [-0.25, -0.2) is 18.0 Å². The molecule has 0 bridgehead atoms. The number of nitrogens with two attached hydrogens (primary N) is 1. The van der Waals surface area contributed by atoms with E-state index in [1.807, 2.05) is 0 Å². The first kappa shape index (κ1) is 28.3. The van der Waals surface area contributed by atoms with Crippen molar-refractivity contribution in [3.63, 3.8) is 0 Å². The summed E-state index contributed by atoms with van der Waals surface area (Å²) >= 11 is 1.30. The van der Waals surface area contributed by atoms with Gasteiger partial charge in [-0.1, -0.05) is 12.1 Å². The lowest BCUT2D eigenvalue weighted by Crippen LogP contribution is -2.46. The molecule has 2 amide bonds. The summed E-state index contributed by atoms with van der Waals surface area (Å²) in [6.07, 6.45) is -0.357. The Balaban J connectivity index is 1.52. The lowest BCUT2D eigenvalue weighted by molar-refractivity contribution is -0.145. The highest BCUT2D eigenvalue weighted by molar-refractivity contribution is 8.00. The van der Waals surface area contributed by atoms with Crippen molar-refractivity contribution in [2.24, 2.45) is 5.73 Å². The van der Waals surface area contributed by atoms with E-state index in [1.54, 1.807) is 31.2 Å². The summed E-state index contributed by atoms with van der Waals surface area (Å²) in [4.78, 5) is 38.5. The summed E-state index contributed by atoms with van der Waals surface area (Å²) < 4.78 is 50.7. The Hall–Kier alpha value is -3.25. The van der Waals surface area contributed by atoms with Crippen LogP contribution in [0.4, 0.5) is 13.2 Å². The van der Waals surface area contributed by atoms with E-state index in [0.717, 1.165) is 11.6 Å². The van der Waals surface area contributed by atoms with Crippen LogP contribution in [0.2, 0.25) is 0 Å². The van der Waals surface area contributed by atoms with Gasteiger partial charge in [-0.2, -0.15) is 0 Å². The van der Waals surface area contributed by atoms with Crippen LogP contribution in [-0.2, 0) is 32.1 Å². The molecule has 8 nitrogen and oxygen atoms in total. The smallest absolute Gasteiger partial charge is 0.344 e. The van der Waals surface area contributed by atoms with Crippen LogP contribution in [0, 0.1) is 17.5 Å². The van der Waals surface area contributed by atoms with Crippen molar-refractivity contribution in [1.82, 2.24) is 10.2 Å². The van der Waals surface area contributed by atoms with Gasteiger partial charge in [0.1, 0.15) is 11.6 Å². The number of esters is 1. The molecule has 12 heteroatoms. The fourth-order valence-corrected chi connectivity index (χ4v) is 4.89. The molecule has 2 atom stereocenters. The van der Waals surface area contributed by atoms with Gasteiger partial charge in [0.05, 0.1) is 6.61 Å². The van der Waals surface area contributed by atoms with Crippen LogP contribution in [0.3, 0.4) is 0 Å². The van der Waals surface area contributed by atoms with Gasteiger partial charge in [-0.3, -0.25) is 9.59 Å². The summed E-state index contributed by atoms with van der Waals surface area (Å²) in [5.41, 5.74) is 6.58. The van der Waals surface area contributed by atoms with E-state index in [0.29, 0.717) is 24.1 Å². The fraction of sp³-hybridized carbons (Fsp3) is 0.400. The van der Waals surface area contributed by atoms with E-state index < -0.39 is 40.7 Å². The maximum absolute atomic E-state index is 13.9. The predicted molar refractivity (Wildman–Crippen MR) is 131 cm³/mol. The molecule has 1 fully saturated rings. The van der Waals surface area contributed by atoms with Gasteiger partial charge in [-0.05, 0) is 42.7 Å². The van der Waals surface area contributed by atoms with Crippen molar-refractivity contribution in [2.45, 2.75) is 37.7 Å². The van der Waals surface area contributed by atoms with Gasteiger partial charge < -0.3 is 25.4 Å². The van der Waals surface area contributed by atoms with E-state index in [9.17, 15) is 27.6 Å². The van der Waals surface area contributed by atoms with Gasteiger partial charge in [0.25, 0.3) is 5.91 Å². The highest BCUT2D eigenvalue weighted by Gasteiger charge is 2.35. The molecule has 1 aliphatic rings. The molecule has 0 radical (unpaired) electrons. The summed E-state index contributed by atoms with van der Waals surface area (Å²) in [7, 11) is 0. The second kappa shape index (κ2) is 13.3. The van der Waals surface area contributed by atoms with Crippen LogP contribution >= 0.6 is 11.8 Å². The van der Waals surface area contributed by atoms with Crippen molar-refractivity contribution in [3.8, 4) is 5.75 Å². The number of amides is 2. The number of nitrogens with zero attached hydrogens (tertiary/aromatic N) is 1. The molecule has 0 aromatic heterocycles. The normalized spacial score (nSPS) is 15.8. The standard InChI is InChI=1S/C25H28F3N3O5S/c1-2-35-23(33)14-36-18-5-3-4-15(8-18)13-30-24(34)25-31(6-7-37-25)22(32)11-17(29)9-16-10-20(27)21(28)12-19(16)26/h3-5,8,10,12,17,25H,2,6-7,9,11,13-14,29H2,1H3,(H,30,34). The van der Waals surface area contributed by atoms with Crippen LogP contribution in [0.5, 0.6) is 5.75 Å². The van der Waals surface area contributed by atoms with E-state index in [2.05, 4.69) is 5.32 Å². The average Bonchev–Trinajstić information content (AvgIpc) is 3.35. The zero-order valence-electron chi connectivity index (χ0n) is 20.2. The Bertz CT molecular complexity index is 1140. The van der Waals surface area contributed by atoms with Crippen molar-refractivity contribution in [1.29, 1.82) is 0 Å². The Morgan fingerprint density at radius 2 is 1.92 bits per heavy atom. The highest BCUT2D eigenvalue weighted by atomic mass is 32.2. The predicted octanol–water partition coefficient (Wildman–Crippen LogP) is 2.52. The third-order valence-electron chi connectivity index (χ3n) is 5.47. The summed E-state index contributed by atoms with van der Waals surface area (Å²) in [5.74, 6) is -3.69. The largest absolute Gasteiger partial charge is 0.482 e. The van der Waals surface area contributed by atoms with E-state index in [1.165, 1.54) is 16.7 Å². The SMILES string of the molecule is CCOC(=O)COc1cccc(CNC(=O)C2SCCN2C(=O)CC(N)Cc2cc(F)c(F)cc2F)c1. The van der Waals surface area contributed by atoms with Crippen molar-refractivity contribution < 1.29 is 37.0 Å². The van der Waals surface area contributed by atoms with Crippen molar-refractivity contribution >= 4 is 29.5 Å². The monoisotopic (exact) mass is 539 g/mol. The zero-order chi connectivity index (χ0) is 26.9. The average molecular weight is 540 g/mol. The minimum Gasteiger partial charge on any atom is -0.482 e. The van der Waals surface area contributed by atoms with E-state index in [4.69, 9.17) is 15.2 Å². The number of rotatable bonds is 11. The fourth-order valence-electron chi connectivity index (χ4n) is 3.73. The number of halogens is 3. The summed E-state index contributed by atoms with van der Waals surface area (Å²) in [6.45, 7) is 2.23. The lowest BCUT2D eigenvalue weighted by Gasteiger charge is -2.24. The maximum atomic E-state index is 13.9. The molecule has 1 heterocycles. The Labute approximate surface area is 216 Å². The number of ether oxygens (including phenoxy) is 2. The number of benzene rings is 2. The molecule has 3 rings (SSSR count). The first-order valence-electron chi connectivity index (χ1n) is 11.6. The molecule has 3 N–H and O–H groups in total. The molecule has 0 saturated carbocycles. The molecule has 37 heavy (non-hydrogen) atoms. The molecule has 0 spiro atoms. The first-order chi connectivity index (χ1) is 17.7. The van der Waals surface area contributed by atoms with Crippen molar-refractivity contribution in [3.05, 3.63) is 65.0 Å². The number of carbonyl (C=O) groups excluding carboxylic acids is 3. The van der Waals surface area contributed by atoms with Crippen LogP contribution in [0.15, 0.2) is 36.4 Å². The van der Waals surface area contributed by atoms with E-state index in [-0.39, 0.29) is 44.1 Å². The van der Waals surface area contributed by atoms with Crippen LogP contribution in [-0.4, -0.2) is 59.6 Å². The minimum atomic E-state index is -1.30. The van der Waals surface area contributed by atoms with Gasteiger partial charge in [0.2, 0.25) is 5.91 Å². The topological polar surface area (TPSA) is 111 Å². The number of thioether (sulfide) groups is 1. The highest BCUT2D eigenvalue weighted by Crippen LogP contribution is 2.25. The molecule has 2 aromatic carbocycles. The van der Waals surface area contributed by atoms with Crippen LogP contribution in [0.1, 0.15) is 24.5 Å².